The van der Waals surface area contributed by atoms with Crippen LogP contribution in [0.4, 0.5) is 0 Å². The first kappa shape index (κ1) is 11.3. The molecule has 1 unspecified atom stereocenters. The molecule has 0 aromatic rings. The third kappa shape index (κ3) is 2.04. The maximum atomic E-state index is 6.37. The summed E-state index contributed by atoms with van der Waals surface area (Å²) < 4.78 is 5.29. The van der Waals surface area contributed by atoms with Gasteiger partial charge in [0.15, 0.2) is 0 Å². The molecule has 4 nitrogen and oxygen atoms in total. The van der Waals surface area contributed by atoms with Gasteiger partial charge in [0.2, 0.25) is 0 Å². The number of nitrogens with zero attached hydrogens (tertiary/aromatic N) is 1. The molecule has 1 atom stereocenters. The van der Waals surface area contributed by atoms with Crippen LogP contribution in [0, 0.1) is 11.3 Å². The Balaban J connectivity index is 1.92. The molecular weight excluding hydrogens is 190 g/mol. The van der Waals surface area contributed by atoms with Gasteiger partial charge in [-0.15, -0.1) is 0 Å². The normalized spacial score (nSPS) is 29.8. The molecule has 2 saturated heterocycles. The van der Waals surface area contributed by atoms with Gasteiger partial charge in [-0.05, 0) is 38.9 Å². The maximum Gasteiger partial charge on any atom is 0.0572 e. The molecule has 0 spiro atoms. The largest absolute Gasteiger partial charge is 0.380 e. The Morgan fingerprint density at radius 1 is 1.40 bits per heavy atom. The summed E-state index contributed by atoms with van der Waals surface area (Å²) in [7, 11) is 2.17. The average molecular weight is 213 g/mol. The van der Waals surface area contributed by atoms with Gasteiger partial charge in [0.25, 0.3) is 0 Å². The van der Waals surface area contributed by atoms with E-state index in [1.165, 1.54) is 25.9 Å². The summed E-state index contributed by atoms with van der Waals surface area (Å²) in [6, 6.07) is 0.227. The van der Waals surface area contributed by atoms with Crippen molar-refractivity contribution in [2.24, 2.45) is 22.8 Å². The van der Waals surface area contributed by atoms with Crippen LogP contribution in [0.3, 0.4) is 0 Å². The Morgan fingerprint density at radius 3 is 2.40 bits per heavy atom. The predicted molar refractivity (Wildman–Crippen MR) is 60.5 cm³/mol. The summed E-state index contributed by atoms with van der Waals surface area (Å²) in [5.41, 5.74) is 12.3. The highest BCUT2D eigenvalue weighted by Gasteiger charge is 2.46. The van der Waals surface area contributed by atoms with E-state index in [1.54, 1.807) is 0 Å². The molecule has 0 saturated carbocycles. The molecular formula is C11H23N3O. The van der Waals surface area contributed by atoms with E-state index in [-0.39, 0.29) is 11.5 Å². The third-order valence-corrected chi connectivity index (χ3v) is 4.16. The van der Waals surface area contributed by atoms with Crippen molar-refractivity contribution in [1.82, 2.24) is 4.90 Å². The Morgan fingerprint density at radius 2 is 2.00 bits per heavy atom. The minimum absolute atomic E-state index is 0.0839. The van der Waals surface area contributed by atoms with Gasteiger partial charge in [-0.2, -0.15) is 0 Å². The summed E-state index contributed by atoms with van der Waals surface area (Å²) >= 11 is 0. The van der Waals surface area contributed by atoms with Gasteiger partial charge in [0.05, 0.1) is 13.2 Å². The van der Waals surface area contributed by atoms with Crippen molar-refractivity contribution in [1.29, 1.82) is 0 Å². The zero-order valence-corrected chi connectivity index (χ0v) is 9.61. The lowest BCUT2D eigenvalue weighted by Crippen LogP contribution is -2.62. The number of rotatable bonds is 3. The van der Waals surface area contributed by atoms with Crippen LogP contribution < -0.4 is 11.5 Å². The summed E-state index contributed by atoms with van der Waals surface area (Å²) in [6.45, 7) is 4.52. The van der Waals surface area contributed by atoms with Crippen molar-refractivity contribution < 1.29 is 4.74 Å². The molecule has 0 bridgehead atoms. The number of nitrogens with two attached hydrogens (primary N) is 2. The van der Waals surface area contributed by atoms with Crippen LogP contribution in [0.5, 0.6) is 0 Å². The van der Waals surface area contributed by atoms with Gasteiger partial charge in [0, 0.05) is 18.0 Å². The van der Waals surface area contributed by atoms with Crippen LogP contribution >= 0.6 is 0 Å². The molecule has 0 aliphatic carbocycles. The lowest BCUT2D eigenvalue weighted by atomic mass is 9.70. The van der Waals surface area contributed by atoms with E-state index >= 15 is 0 Å². The molecule has 2 fully saturated rings. The fraction of sp³-hybridized carbons (Fsp3) is 1.00. The van der Waals surface area contributed by atoms with E-state index in [4.69, 9.17) is 16.2 Å². The van der Waals surface area contributed by atoms with E-state index in [0.717, 1.165) is 13.2 Å². The van der Waals surface area contributed by atoms with Crippen molar-refractivity contribution in [3.8, 4) is 0 Å². The van der Waals surface area contributed by atoms with Gasteiger partial charge in [-0.1, -0.05) is 0 Å². The molecule has 0 amide bonds. The fourth-order valence-corrected chi connectivity index (χ4v) is 2.70. The Kier molecular flexibility index (Phi) is 3.30. The first-order valence-electron chi connectivity index (χ1n) is 5.90. The zero-order valence-electron chi connectivity index (χ0n) is 9.61. The Bertz CT molecular complexity index is 204. The number of piperidine rings is 1. The van der Waals surface area contributed by atoms with Crippen molar-refractivity contribution >= 4 is 0 Å². The highest BCUT2D eigenvalue weighted by Crippen LogP contribution is 2.36. The van der Waals surface area contributed by atoms with E-state index in [1.807, 2.05) is 0 Å². The number of hydrogen-bond acceptors (Lipinski definition) is 4. The highest BCUT2D eigenvalue weighted by molar-refractivity contribution is 4.99. The lowest BCUT2D eigenvalue weighted by Gasteiger charge is -2.49. The predicted octanol–water partition coefficient (Wildman–Crippen LogP) is -0.369. The second kappa shape index (κ2) is 4.37. The molecule has 2 aliphatic heterocycles. The van der Waals surface area contributed by atoms with Crippen LogP contribution in [0.1, 0.15) is 12.8 Å². The summed E-state index contributed by atoms with van der Waals surface area (Å²) in [4.78, 5) is 2.37. The molecule has 0 radical (unpaired) electrons. The minimum atomic E-state index is 0.0839. The SMILES string of the molecule is CN1CCC(C(N)C2(CN)COC2)CC1. The Labute approximate surface area is 91.9 Å². The molecule has 2 heterocycles. The zero-order chi connectivity index (χ0) is 10.9. The first-order valence-corrected chi connectivity index (χ1v) is 5.90. The van der Waals surface area contributed by atoms with Gasteiger partial charge in [0.1, 0.15) is 0 Å². The fourth-order valence-electron chi connectivity index (χ4n) is 2.70. The third-order valence-electron chi connectivity index (χ3n) is 4.16. The van der Waals surface area contributed by atoms with E-state index in [9.17, 15) is 0 Å². The van der Waals surface area contributed by atoms with Crippen molar-refractivity contribution in [2.45, 2.75) is 18.9 Å². The molecule has 4 heteroatoms. The maximum absolute atomic E-state index is 6.37. The van der Waals surface area contributed by atoms with E-state index < -0.39 is 0 Å². The van der Waals surface area contributed by atoms with Crippen molar-refractivity contribution in [2.75, 3.05) is 39.9 Å². The van der Waals surface area contributed by atoms with Crippen LogP contribution in [-0.4, -0.2) is 50.8 Å². The lowest BCUT2D eigenvalue weighted by molar-refractivity contribution is -0.131. The first-order chi connectivity index (χ1) is 7.18. The van der Waals surface area contributed by atoms with Crippen LogP contribution in [0.2, 0.25) is 0 Å². The van der Waals surface area contributed by atoms with Gasteiger partial charge in [-0.3, -0.25) is 0 Å². The highest BCUT2D eigenvalue weighted by atomic mass is 16.5. The van der Waals surface area contributed by atoms with E-state index in [2.05, 4.69) is 11.9 Å². The Hall–Kier alpha value is -0.160. The van der Waals surface area contributed by atoms with Crippen molar-refractivity contribution in [3.05, 3.63) is 0 Å². The molecule has 0 aromatic carbocycles. The van der Waals surface area contributed by atoms with E-state index in [0.29, 0.717) is 12.5 Å². The summed E-state index contributed by atoms with van der Waals surface area (Å²) in [6.07, 6.45) is 2.42. The molecule has 4 N–H and O–H groups in total. The van der Waals surface area contributed by atoms with Crippen LogP contribution in [-0.2, 0) is 4.74 Å². The quantitative estimate of drug-likeness (QED) is 0.671. The molecule has 88 valence electrons. The summed E-state index contributed by atoms with van der Waals surface area (Å²) in [5, 5.41) is 0. The van der Waals surface area contributed by atoms with Crippen LogP contribution in [0.25, 0.3) is 0 Å². The standard InChI is InChI=1S/C11H23N3O/c1-14-4-2-9(3-5-14)10(13)11(6-12)7-15-8-11/h9-10H,2-8,12-13H2,1H3. The second-order valence-corrected chi connectivity index (χ2v) is 5.23. The average Bonchev–Trinajstić information content (AvgIpc) is 2.18. The van der Waals surface area contributed by atoms with Gasteiger partial charge >= 0.3 is 0 Å². The monoisotopic (exact) mass is 213 g/mol. The molecule has 0 aromatic heterocycles. The topological polar surface area (TPSA) is 64.5 Å². The second-order valence-electron chi connectivity index (χ2n) is 5.23. The molecule has 15 heavy (non-hydrogen) atoms. The number of hydrogen-bond donors (Lipinski definition) is 2. The van der Waals surface area contributed by atoms with Gasteiger partial charge < -0.3 is 21.1 Å². The number of likely N-dealkylation sites (tertiary alicyclic amines) is 1. The summed E-state index contributed by atoms with van der Waals surface area (Å²) in [5.74, 6) is 0.633. The molecule has 2 rings (SSSR count). The van der Waals surface area contributed by atoms with Crippen LogP contribution in [0.15, 0.2) is 0 Å². The minimum Gasteiger partial charge on any atom is -0.380 e. The van der Waals surface area contributed by atoms with Crippen molar-refractivity contribution in [3.63, 3.8) is 0 Å². The molecule has 2 aliphatic rings. The smallest absolute Gasteiger partial charge is 0.0572 e. The number of ether oxygens (including phenoxy) is 1. The van der Waals surface area contributed by atoms with Gasteiger partial charge in [-0.25, -0.2) is 0 Å².